The molecule has 1 atom stereocenters. The molecule has 0 radical (unpaired) electrons. The van der Waals surface area contributed by atoms with E-state index in [0.717, 1.165) is 17.5 Å². The minimum atomic E-state index is -0.308. The van der Waals surface area contributed by atoms with E-state index in [1.807, 2.05) is 19.1 Å². The van der Waals surface area contributed by atoms with E-state index in [-0.39, 0.29) is 10.6 Å². The number of rotatable bonds is 4. The number of alkyl halides is 1. The lowest BCUT2D eigenvalue weighted by atomic mass is 10.0. The molecule has 0 aliphatic heterocycles. The van der Waals surface area contributed by atoms with E-state index < -0.39 is 0 Å². The maximum Gasteiger partial charge on any atom is 0.272 e. The van der Waals surface area contributed by atoms with E-state index in [9.17, 15) is 10.1 Å². The monoisotopic (exact) mass is 271 g/mol. The van der Waals surface area contributed by atoms with Gasteiger partial charge < -0.3 is 0 Å². The number of hydrogen-bond donors (Lipinski definition) is 0. The number of nitro groups is 1. The summed E-state index contributed by atoms with van der Waals surface area (Å²) in [6.45, 7) is 3.92. The van der Waals surface area contributed by atoms with Crippen LogP contribution in [-0.4, -0.2) is 9.75 Å². The largest absolute Gasteiger partial charge is 0.272 e. The Morgan fingerprint density at radius 3 is 2.73 bits per heavy atom. The molecule has 1 rings (SSSR count). The zero-order valence-corrected chi connectivity index (χ0v) is 10.5. The summed E-state index contributed by atoms with van der Waals surface area (Å²) in [6.07, 6.45) is 1.66. The van der Waals surface area contributed by atoms with Gasteiger partial charge in [0.05, 0.1) is 4.92 Å². The number of aryl methyl sites for hydroxylation is 1. The fourth-order valence-corrected chi connectivity index (χ4v) is 1.75. The molecule has 0 fully saturated rings. The highest BCUT2D eigenvalue weighted by atomic mass is 79.9. The third-order valence-corrected chi connectivity index (χ3v) is 3.29. The molecule has 3 nitrogen and oxygen atoms in total. The summed E-state index contributed by atoms with van der Waals surface area (Å²) in [5.74, 6) is 0. The summed E-state index contributed by atoms with van der Waals surface area (Å²) in [5, 5.41) is 10.8. The minimum absolute atomic E-state index is 0.230. The number of hydrogen-bond acceptors (Lipinski definition) is 2. The second-order valence-corrected chi connectivity index (χ2v) is 4.89. The van der Waals surface area contributed by atoms with Gasteiger partial charge in [-0.05, 0) is 25.3 Å². The molecule has 0 amide bonds. The molecular formula is C11H14BrNO2. The average molecular weight is 272 g/mol. The molecule has 0 saturated carbocycles. The van der Waals surface area contributed by atoms with Crippen molar-refractivity contribution >= 4 is 21.6 Å². The number of nitrogens with zero attached hydrogens (tertiary/aromatic N) is 1. The van der Waals surface area contributed by atoms with Crippen molar-refractivity contribution in [2.75, 3.05) is 0 Å². The molecule has 15 heavy (non-hydrogen) atoms. The third kappa shape index (κ3) is 3.30. The highest BCUT2D eigenvalue weighted by molar-refractivity contribution is 9.09. The topological polar surface area (TPSA) is 43.1 Å². The summed E-state index contributed by atoms with van der Waals surface area (Å²) in [7, 11) is 0. The highest BCUT2D eigenvalue weighted by Gasteiger charge is 2.15. The van der Waals surface area contributed by atoms with Crippen LogP contribution in [0.1, 0.15) is 24.5 Å². The van der Waals surface area contributed by atoms with Crippen molar-refractivity contribution in [3.63, 3.8) is 0 Å². The van der Waals surface area contributed by atoms with Crippen LogP contribution in [0.2, 0.25) is 0 Å². The Kier molecular flexibility index (Phi) is 4.27. The predicted octanol–water partition coefficient (Wildman–Crippen LogP) is 3.62. The Balaban J connectivity index is 3.01. The number of benzene rings is 1. The van der Waals surface area contributed by atoms with Gasteiger partial charge in [-0.3, -0.25) is 10.1 Å². The van der Waals surface area contributed by atoms with Crippen LogP contribution < -0.4 is 0 Å². The lowest BCUT2D eigenvalue weighted by molar-refractivity contribution is -0.385. The van der Waals surface area contributed by atoms with Crippen molar-refractivity contribution in [3.05, 3.63) is 39.4 Å². The maximum absolute atomic E-state index is 10.8. The molecule has 0 saturated heterocycles. The Morgan fingerprint density at radius 1 is 1.53 bits per heavy atom. The third-order valence-electron chi connectivity index (χ3n) is 2.32. The standard InChI is InChI=1S/C11H14BrNO2/c1-3-10(12)7-9-5-4-8(2)6-11(9)13(14)15/h4-6,10H,3,7H2,1-2H3. The van der Waals surface area contributed by atoms with Crippen LogP contribution in [0.15, 0.2) is 18.2 Å². The van der Waals surface area contributed by atoms with Gasteiger partial charge in [-0.25, -0.2) is 0 Å². The normalized spacial score (nSPS) is 12.5. The average Bonchev–Trinajstić information content (AvgIpc) is 2.20. The first-order valence-corrected chi connectivity index (χ1v) is 5.84. The van der Waals surface area contributed by atoms with Crippen molar-refractivity contribution in [2.24, 2.45) is 0 Å². The van der Waals surface area contributed by atoms with E-state index >= 15 is 0 Å². The molecule has 0 N–H and O–H groups in total. The maximum atomic E-state index is 10.8. The molecule has 1 aromatic carbocycles. The van der Waals surface area contributed by atoms with E-state index in [0.29, 0.717) is 11.2 Å². The fourth-order valence-electron chi connectivity index (χ4n) is 1.40. The fraction of sp³-hybridized carbons (Fsp3) is 0.455. The van der Waals surface area contributed by atoms with Crippen LogP contribution in [0.5, 0.6) is 0 Å². The van der Waals surface area contributed by atoms with Gasteiger partial charge >= 0.3 is 0 Å². The zero-order valence-electron chi connectivity index (χ0n) is 8.87. The van der Waals surface area contributed by atoms with Crippen molar-refractivity contribution in [2.45, 2.75) is 31.5 Å². The van der Waals surface area contributed by atoms with Crippen LogP contribution in [-0.2, 0) is 6.42 Å². The van der Waals surface area contributed by atoms with Gasteiger partial charge in [0.15, 0.2) is 0 Å². The molecule has 1 unspecified atom stereocenters. The molecule has 4 heteroatoms. The van der Waals surface area contributed by atoms with Crippen LogP contribution in [0.25, 0.3) is 0 Å². The van der Waals surface area contributed by atoms with E-state index in [1.54, 1.807) is 6.07 Å². The molecular weight excluding hydrogens is 258 g/mol. The van der Waals surface area contributed by atoms with Gasteiger partial charge in [-0.2, -0.15) is 0 Å². The lowest BCUT2D eigenvalue weighted by Gasteiger charge is -2.07. The molecule has 0 aliphatic carbocycles. The quantitative estimate of drug-likeness (QED) is 0.477. The van der Waals surface area contributed by atoms with Crippen molar-refractivity contribution in [1.82, 2.24) is 0 Å². The Morgan fingerprint density at radius 2 is 2.20 bits per heavy atom. The number of nitro benzene ring substituents is 1. The molecule has 0 heterocycles. The van der Waals surface area contributed by atoms with Gasteiger partial charge in [0.1, 0.15) is 0 Å². The Bertz CT molecular complexity index is 366. The zero-order chi connectivity index (χ0) is 11.4. The van der Waals surface area contributed by atoms with Gasteiger partial charge in [0.2, 0.25) is 0 Å². The molecule has 0 spiro atoms. The van der Waals surface area contributed by atoms with Gasteiger partial charge in [0.25, 0.3) is 5.69 Å². The molecule has 0 aromatic heterocycles. The summed E-state index contributed by atoms with van der Waals surface area (Å²) in [5.41, 5.74) is 1.95. The van der Waals surface area contributed by atoms with E-state index in [2.05, 4.69) is 22.9 Å². The second kappa shape index (κ2) is 5.26. The van der Waals surface area contributed by atoms with Crippen LogP contribution >= 0.6 is 15.9 Å². The first-order chi connectivity index (χ1) is 7.04. The minimum Gasteiger partial charge on any atom is -0.258 e. The van der Waals surface area contributed by atoms with Crippen molar-refractivity contribution in [1.29, 1.82) is 0 Å². The van der Waals surface area contributed by atoms with E-state index in [1.165, 1.54) is 0 Å². The Labute approximate surface area is 97.8 Å². The SMILES string of the molecule is CCC(Br)Cc1ccc(C)cc1[N+](=O)[O-]. The molecule has 82 valence electrons. The molecule has 1 aromatic rings. The second-order valence-electron chi connectivity index (χ2n) is 3.60. The number of halogens is 1. The van der Waals surface area contributed by atoms with Crippen LogP contribution in [0.3, 0.4) is 0 Å². The predicted molar refractivity (Wildman–Crippen MR) is 64.5 cm³/mol. The molecule has 0 bridgehead atoms. The first-order valence-electron chi connectivity index (χ1n) is 4.92. The smallest absolute Gasteiger partial charge is 0.258 e. The van der Waals surface area contributed by atoms with Gasteiger partial charge in [-0.1, -0.05) is 35.0 Å². The lowest BCUT2D eigenvalue weighted by Crippen LogP contribution is -2.04. The summed E-state index contributed by atoms with van der Waals surface area (Å²) < 4.78 is 0. The highest BCUT2D eigenvalue weighted by Crippen LogP contribution is 2.24. The van der Waals surface area contributed by atoms with Crippen LogP contribution in [0, 0.1) is 17.0 Å². The Hall–Kier alpha value is -0.900. The summed E-state index contributed by atoms with van der Waals surface area (Å²) in [6, 6.07) is 5.39. The van der Waals surface area contributed by atoms with Crippen molar-refractivity contribution < 1.29 is 4.92 Å². The van der Waals surface area contributed by atoms with Gasteiger partial charge in [0, 0.05) is 16.5 Å². The van der Waals surface area contributed by atoms with E-state index in [4.69, 9.17) is 0 Å². The summed E-state index contributed by atoms with van der Waals surface area (Å²) >= 11 is 3.49. The molecule has 0 aliphatic rings. The first kappa shape index (κ1) is 12.2. The van der Waals surface area contributed by atoms with Crippen LogP contribution in [0.4, 0.5) is 5.69 Å². The van der Waals surface area contributed by atoms with Gasteiger partial charge in [-0.15, -0.1) is 0 Å². The summed E-state index contributed by atoms with van der Waals surface area (Å²) in [4.78, 5) is 10.8. The van der Waals surface area contributed by atoms with Crippen molar-refractivity contribution in [3.8, 4) is 0 Å².